The zero-order chi connectivity index (χ0) is 11.8. The molecule has 2 nitrogen and oxygen atoms in total. The zero-order valence-corrected chi connectivity index (χ0v) is 9.91. The molecule has 84 valence electrons. The highest BCUT2D eigenvalue weighted by atomic mass is 16.3. The van der Waals surface area contributed by atoms with Crippen LogP contribution in [-0.4, -0.2) is 5.78 Å². The van der Waals surface area contributed by atoms with Gasteiger partial charge in [0, 0.05) is 10.8 Å². The van der Waals surface area contributed by atoms with Crippen LogP contribution in [0.25, 0.3) is 11.0 Å². The summed E-state index contributed by atoms with van der Waals surface area (Å²) in [5.74, 6) is 0.541. The number of para-hydroxylation sites is 1. The molecule has 0 bridgehead atoms. The van der Waals surface area contributed by atoms with E-state index in [1.54, 1.807) is 0 Å². The number of ketones is 1. The van der Waals surface area contributed by atoms with Gasteiger partial charge >= 0.3 is 0 Å². The lowest BCUT2D eigenvalue weighted by atomic mass is 9.84. The van der Waals surface area contributed by atoms with Gasteiger partial charge in [-0.15, -0.1) is 0 Å². The second-order valence-corrected chi connectivity index (χ2v) is 4.72. The van der Waals surface area contributed by atoms with Gasteiger partial charge in [-0.25, -0.2) is 0 Å². The Morgan fingerprint density at radius 1 is 1.31 bits per heavy atom. The number of rotatable bonds is 3. The topological polar surface area (TPSA) is 30.2 Å². The minimum Gasteiger partial charge on any atom is -0.453 e. The summed E-state index contributed by atoms with van der Waals surface area (Å²) in [5, 5.41) is 0.984. The second-order valence-electron chi connectivity index (χ2n) is 4.72. The molecular formula is C14H16O2. The highest BCUT2D eigenvalue weighted by Gasteiger charge is 2.29. The number of furan rings is 1. The van der Waals surface area contributed by atoms with Crippen LogP contribution in [0.5, 0.6) is 0 Å². The van der Waals surface area contributed by atoms with Crippen LogP contribution in [0.1, 0.15) is 37.7 Å². The van der Waals surface area contributed by atoms with E-state index in [2.05, 4.69) is 0 Å². The van der Waals surface area contributed by atoms with Crippen molar-refractivity contribution in [3.05, 3.63) is 36.1 Å². The van der Waals surface area contributed by atoms with E-state index in [0.29, 0.717) is 5.76 Å². The normalized spacial score (nSPS) is 11.9. The summed E-state index contributed by atoms with van der Waals surface area (Å²) in [6.07, 6.45) is 0.808. The first-order valence-electron chi connectivity index (χ1n) is 5.58. The number of hydrogen-bond acceptors (Lipinski definition) is 2. The highest BCUT2D eigenvalue weighted by Crippen LogP contribution is 2.28. The van der Waals surface area contributed by atoms with Crippen molar-refractivity contribution < 1.29 is 9.21 Å². The van der Waals surface area contributed by atoms with Crippen molar-refractivity contribution in [2.24, 2.45) is 5.41 Å². The molecule has 1 aromatic heterocycles. The summed E-state index contributed by atoms with van der Waals surface area (Å²) in [6.45, 7) is 5.91. The number of fused-ring (bicyclic) bond motifs is 1. The van der Waals surface area contributed by atoms with E-state index in [-0.39, 0.29) is 11.2 Å². The van der Waals surface area contributed by atoms with Crippen LogP contribution in [0.15, 0.2) is 34.7 Å². The molecule has 0 saturated carbocycles. The van der Waals surface area contributed by atoms with Gasteiger partial charge in [-0.3, -0.25) is 4.79 Å². The maximum atomic E-state index is 12.2. The van der Waals surface area contributed by atoms with Gasteiger partial charge in [-0.05, 0) is 18.6 Å². The van der Waals surface area contributed by atoms with Crippen LogP contribution in [0.3, 0.4) is 0 Å². The SMILES string of the molecule is CCC(C)(C)C(=O)c1cc2ccccc2o1. The smallest absolute Gasteiger partial charge is 0.203 e. The van der Waals surface area contributed by atoms with Gasteiger partial charge in [0.15, 0.2) is 5.76 Å². The van der Waals surface area contributed by atoms with Gasteiger partial charge in [-0.2, -0.15) is 0 Å². The molecular weight excluding hydrogens is 200 g/mol. The first-order valence-corrected chi connectivity index (χ1v) is 5.58. The molecule has 0 fully saturated rings. The minimum atomic E-state index is -0.353. The number of carbonyl (C=O) groups is 1. The summed E-state index contributed by atoms with van der Waals surface area (Å²) in [6, 6.07) is 9.51. The fourth-order valence-electron chi connectivity index (χ4n) is 1.59. The number of Topliss-reactive ketones (excluding diaryl/α,β-unsaturated/α-hetero) is 1. The van der Waals surface area contributed by atoms with E-state index >= 15 is 0 Å². The molecule has 0 saturated heterocycles. The van der Waals surface area contributed by atoms with Crippen molar-refractivity contribution >= 4 is 16.8 Å². The lowest BCUT2D eigenvalue weighted by Gasteiger charge is -2.18. The first kappa shape index (κ1) is 10.9. The lowest BCUT2D eigenvalue weighted by molar-refractivity contribution is 0.0805. The Bertz CT molecular complexity index is 487. The maximum absolute atomic E-state index is 12.2. The van der Waals surface area contributed by atoms with E-state index < -0.39 is 0 Å². The molecule has 2 aromatic rings. The van der Waals surface area contributed by atoms with Crippen LogP contribution in [-0.2, 0) is 0 Å². The summed E-state index contributed by atoms with van der Waals surface area (Å²) in [5.41, 5.74) is 0.422. The highest BCUT2D eigenvalue weighted by molar-refractivity contribution is 6.00. The standard InChI is InChI=1S/C14H16O2/c1-4-14(2,3)13(15)12-9-10-7-5-6-8-11(10)16-12/h5-9H,4H2,1-3H3. The Morgan fingerprint density at radius 3 is 2.62 bits per heavy atom. The van der Waals surface area contributed by atoms with Crippen LogP contribution in [0, 0.1) is 5.41 Å². The molecule has 0 amide bonds. The van der Waals surface area contributed by atoms with E-state index in [9.17, 15) is 4.79 Å². The molecule has 0 aliphatic heterocycles. The zero-order valence-electron chi connectivity index (χ0n) is 9.91. The van der Waals surface area contributed by atoms with Crippen LogP contribution < -0.4 is 0 Å². The molecule has 0 aliphatic carbocycles. The molecule has 16 heavy (non-hydrogen) atoms. The van der Waals surface area contributed by atoms with Crippen molar-refractivity contribution in [3.8, 4) is 0 Å². The molecule has 2 rings (SSSR count). The molecule has 0 radical (unpaired) electrons. The fraction of sp³-hybridized carbons (Fsp3) is 0.357. The minimum absolute atomic E-state index is 0.0752. The van der Waals surface area contributed by atoms with Crippen molar-refractivity contribution in [3.63, 3.8) is 0 Å². The molecule has 0 unspecified atom stereocenters. The van der Waals surface area contributed by atoms with Gasteiger partial charge in [0.2, 0.25) is 5.78 Å². The monoisotopic (exact) mass is 216 g/mol. The van der Waals surface area contributed by atoms with Gasteiger partial charge in [0.1, 0.15) is 5.58 Å². The van der Waals surface area contributed by atoms with Crippen molar-refractivity contribution in [1.82, 2.24) is 0 Å². The fourth-order valence-corrected chi connectivity index (χ4v) is 1.59. The summed E-state index contributed by atoms with van der Waals surface area (Å²) >= 11 is 0. The van der Waals surface area contributed by atoms with E-state index in [0.717, 1.165) is 17.4 Å². The van der Waals surface area contributed by atoms with Crippen LogP contribution >= 0.6 is 0 Å². The van der Waals surface area contributed by atoms with E-state index in [4.69, 9.17) is 4.42 Å². The van der Waals surface area contributed by atoms with Gasteiger partial charge in [0.05, 0.1) is 0 Å². The van der Waals surface area contributed by atoms with Crippen molar-refractivity contribution in [2.75, 3.05) is 0 Å². The van der Waals surface area contributed by atoms with Crippen molar-refractivity contribution in [1.29, 1.82) is 0 Å². The molecule has 1 aromatic carbocycles. The molecule has 1 heterocycles. The van der Waals surface area contributed by atoms with Crippen LogP contribution in [0.2, 0.25) is 0 Å². The van der Waals surface area contributed by atoms with Gasteiger partial charge in [-0.1, -0.05) is 39.0 Å². The molecule has 0 atom stereocenters. The molecule has 2 heteroatoms. The third-order valence-corrected chi connectivity index (χ3v) is 3.15. The largest absolute Gasteiger partial charge is 0.453 e. The Kier molecular flexibility index (Phi) is 2.58. The third kappa shape index (κ3) is 1.75. The third-order valence-electron chi connectivity index (χ3n) is 3.15. The number of hydrogen-bond donors (Lipinski definition) is 0. The van der Waals surface area contributed by atoms with Crippen LogP contribution in [0.4, 0.5) is 0 Å². The number of carbonyl (C=O) groups excluding carboxylic acids is 1. The van der Waals surface area contributed by atoms with Crippen molar-refractivity contribution in [2.45, 2.75) is 27.2 Å². The number of benzene rings is 1. The average Bonchev–Trinajstić information content (AvgIpc) is 2.71. The maximum Gasteiger partial charge on any atom is 0.203 e. The lowest BCUT2D eigenvalue weighted by Crippen LogP contribution is -2.22. The molecule has 0 aliphatic rings. The Hall–Kier alpha value is -1.57. The first-order chi connectivity index (χ1) is 7.54. The molecule has 0 spiro atoms. The predicted molar refractivity (Wildman–Crippen MR) is 64.6 cm³/mol. The van der Waals surface area contributed by atoms with E-state index in [1.807, 2.05) is 51.1 Å². The molecule has 0 N–H and O–H groups in total. The van der Waals surface area contributed by atoms with Gasteiger partial charge in [0.25, 0.3) is 0 Å². The average molecular weight is 216 g/mol. The Balaban J connectivity index is 2.45. The Morgan fingerprint density at radius 2 is 2.00 bits per heavy atom. The summed E-state index contributed by atoms with van der Waals surface area (Å²) in [4.78, 5) is 12.2. The summed E-state index contributed by atoms with van der Waals surface area (Å²) in [7, 11) is 0. The Labute approximate surface area is 95.3 Å². The van der Waals surface area contributed by atoms with E-state index in [1.165, 1.54) is 0 Å². The van der Waals surface area contributed by atoms with Gasteiger partial charge < -0.3 is 4.42 Å². The summed E-state index contributed by atoms with van der Waals surface area (Å²) < 4.78 is 5.57. The predicted octanol–water partition coefficient (Wildman–Crippen LogP) is 4.05. The quantitative estimate of drug-likeness (QED) is 0.724. The second kappa shape index (κ2) is 3.78.